The minimum absolute atomic E-state index is 0.104. The van der Waals surface area contributed by atoms with Crippen molar-refractivity contribution in [1.29, 1.82) is 0 Å². The van der Waals surface area contributed by atoms with E-state index in [1.165, 1.54) is 173 Å². The van der Waals surface area contributed by atoms with Crippen LogP contribution < -0.4 is 0 Å². The zero-order valence-corrected chi connectivity index (χ0v) is 41.5. The van der Waals surface area contributed by atoms with Crippen LogP contribution in [-0.2, 0) is 32.7 Å². The highest BCUT2D eigenvalue weighted by Gasteiger charge is 2.51. The summed E-state index contributed by atoms with van der Waals surface area (Å²) < 4.78 is 33.6. The Morgan fingerprint density at radius 3 is 1.03 bits per heavy atom. The number of carbonyl (C=O) groups excluding carboxylic acids is 2. The summed E-state index contributed by atoms with van der Waals surface area (Å²) in [5, 5.41) is 50.2. The molecule has 0 spiro atoms. The number of hydrogen-bond donors (Lipinski definition) is 6. The molecule has 1 rings (SSSR count). The van der Waals surface area contributed by atoms with Gasteiger partial charge in [-0.05, 0) is 12.8 Å². The molecule has 0 amide bonds. The monoisotopic (exact) mass is 937 g/mol. The number of aliphatic hydroxyl groups excluding tert-OH is 5. The van der Waals surface area contributed by atoms with Gasteiger partial charge in [0, 0.05) is 12.8 Å². The Labute approximate surface area is 389 Å². The van der Waals surface area contributed by atoms with Crippen LogP contribution in [0.1, 0.15) is 251 Å². The van der Waals surface area contributed by atoms with Gasteiger partial charge in [0.25, 0.3) is 0 Å². The van der Waals surface area contributed by atoms with E-state index in [1.807, 2.05) is 0 Å². The lowest BCUT2D eigenvalue weighted by Gasteiger charge is -2.41. The number of ether oxygens (including phenoxy) is 2. The molecule has 0 aliphatic heterocycles. The molecule has 0 radical (unpaired) electrons. The van der Waals surface area contributed by atoms with E-state index in [2.05, 4.69) is 13.8 Å². The second-order valence-corrected chi connectivity index (χ2v) is 20.2. The summed E-state index contributed by atoms with van der Waals surface area (Å²) in [5.41, 5.74) is 0. The molecule has 1 aliphatic rings. The quantitative estimate of drug-likeness (QED) is 0.0191. The van der Waals surface area contributed by atoms with Crippen molar-refractivity contribution >= 4 is 19.8 Å². The van der Waals surface area contributed by atoms with Crippen molar-refractivity contribution in [3.8, 4) is 0 Å². The predicted octanol–water partition coefficient (Wildman–Crippen LogP) is 11.2. The van der Waals surface area contributed by atoms with E-state index in [-0.39, 0.29) is 12.8 Å². The molecule has 0 aromatic rings. The van der Waals surface area contributed by atoms with E-state index in [0.29, 0.717) is 12.8 Å². The van der Waals surface area contributed by atoms with Gasteiger partial charge in [-0.3, -0.25) is 18.6 Å². The molecule has 0 saturated heterocycles. The maximum absolute atomic E-state index is 12.8. The van der Waals surface area contributed by atoms with Gasteiger partial charge in [0.15, 0.2) is 6.10 Å². The van der Waals surface area contributed by atoms with Crippen LogP contribution in [-0.4, -0.2) is 98.3 Å². The summed E-state index contributed by atoms with van der Waals surface area (Å²) in [6, 6.07) is 0. The molecule has 380 valence electrons. The lowest BCUT2D eigenvalue weighted by atomic mass is 9.85. The van der Waals surface area contributed by atoms with E-state index in [0.717, 1.165) is 38.5 Å². The van der Waals surface area contributed by atoms with E-state index in [9.17, 15) is 44.6 Å². The molecule has 8 atom stereocenters. The molecular formula is C50H97O13P. The molecule has 0 aromatic carbocycles. The first-order valence-corrected chi connectivity index (χ1v) is 27.8. The average Bonchev–Trinajstić information content (AvgIpc) is 3.28. The number of carbonyl (C=O) groups is 2. The number of hydrogen-bond acceptors (Lipinski definition) is 12. The summed E-state index contributed by atoms with van der Waals surface area (Å²) >= 11 is 0. The summed E-state index contributed by atoms with van der Waals surface area (Å²) in [5.74, 6) is -1.08. The maximum Gasteiger partial charge on any atom is 0.472 e. The van der Waals surface area contributed by atoms with Gasteiger partial charge >= 0.3 is 19.8 Å². The van der Waals surface area contributed by atoms with Crippen molar-refractivity contribution in [3.63, 3.8) is 0 Å². The molecule has 0 bridgehead atoms. The number of esters is 2. The lowest BCUT2D eigenvalue weighted by Crippen LogP contribution is -2.64. The number of phosphoric acid groups is 1. The SMILES string of the molecule is CCCCCCCCCCCCCCCCCCCCCCCCCC(=O)OC[C@@H](COP(=O)(O)OC1C(O)C(O)C(O)[C@H](O)C1O)OC(=O)CCCCCCCCCCCCCC. The van der Waals surface area contributed by atoms with Crippen LogP contribution in [0.5, 0.6) is 0 Å². The van der Waals surface area contributed by atoms with Crippen molar-refractivity contribution in [2.75, 3.05) is 13.2 Å². The fourth-order valence-corrected chi connectivity index (χ4v) is 9.44. The number of phosphoric ester groups is 1. The van der Waals surface area contributed by atoms with Gasteiger partial charge in [-0.25, -0.2) is 4.57 Å². The Hall–Kier alpha value is -1.15. The highest BCUT2D eigenvalue weighted by Crippen LogP contribution is 2.47. The molecule has 0 heterocycles. The van der Waals surface area contributed by atoms with Gasteiger partial charge in [0.05, 0.1) is 6.61 Å². The summed E-state index contributed by atoms with van der Waals surface area (Å²) in [6.45, 7) is 3.34. The predicted molar refractivity (Wildman–Crippen MR) is 254 cm³/mol. The Morgan fingerprint density at radius 1 is 0.422 bits per heavy atom. The second-order valence-electron chi connectivity index (χ2n) is 18.7. The molecule has 6 N–H and O–H groups in total. The zero-order chi connectivity index (χ0) is 47.1. The molecule has 13 nitrogen and oxygen atoms in total. The molecule has 1 saturated carbocycles. The third kappa shape index (κ3) is 32.5. The third-order valence-electron chi connectivity index (χ3n) is 12.7. The van der Waals surface area contributed by atoms with Crippen LogP contribution in [0.3, 0.4) is 0 Å². The van der Waals surface area contributed by atoms with Gasteiger partial charge in [-0.15, -0.1) is 0 Å². The fraction of sp³-hybridized carbons (Fsp3) is 0.960. The molecule has 1 aliphatic carbocycles. The Bertz CT molecular complexity index is 1130. The van der Waals surface area contributed by atoms with Crippen LogP contribution in [0, 0.1) is 0 Å². The Kier molecular flexibility index (Phi) is 38.9. The van der Waals surface area contributed by atoms with Crippen molar-refractivity contribution in [3.05, 3.63) is 0 Å². The molecule has 14 heteroatoms. The van der Waals surface area contributed by atoms with Crippen LogP contribution in [0.25, 0.3) is 0 Å². The summed E-state index contributed by atoms with van der Waals surface area (Å²) in [6.07, 6.45) is 30.2. The van der Waals surface area contributed by atoms with Gasteiger partial charge < -0.3 is 39.9 Å². The molecule has 64 heavy (non-hydrogen) atoms. The van der Waals surface area contributed by atoms with Crippen LogP contribution >= 0.6 is 7.82 Å². The topological polar surface area (TPSA) is 210 Å². The van der Waals surface area contributed by atoms with Gasteiger partial charge in [-0.2, -0.15) is 0 Å². The molecular weight excluding hydrogens is 840 g/mol. The standard InChI is InChI=1S/C50H97O13P/c1-3-5-7-9-11-13-15-17-18-19-20-21-22-23-24-25-26-27-29-30-32-34-36-38-43(51)60-40-42(62-44(52)39-37-35-33-31-28-16-14-12-10-8-6-4-2)41-61-64(58,59)63-50-48(56)46(54)45(53)47(55)49(50)57/h42,45-50,53-57H,3-41H2,1-2H3,(H,58,59)/t42-,45?,46-,47?,48?,49?,50?/m0/s1. The first-order valence-electron chi connectivity index (χ1n) is 26.3. The lowest BCUT2D eigenvalue weighted by molar-refractivity contribution is -0.220. The molecule has 6 unspecified atom stereocenters. The van der Waals surface area contributed by atoms with E-state index >= 15 is 0 Å². The second kappa shape index (κ2) is 40.9. The number of rotatable bonds is 45. The molecule has 0 aromatic heterocycles. The number of aliphatic hydroxyl groups is 5. The highest BCUT2D eigenvalue weighted by molar-refractivity contribution is 7.47. The highest BCUT2D eigenvalue weighted by atomic mass is 31.2. The molecule has 1 fully saturated rings. The van der Waals surface area contributed by atoms with Gasteiger partial charge in [0.2, 0.25) is 0 Å². The van der Waals surface area contributed by atoms with E-state index in [4.69, 9.17) is 18.5 Å². The largest absolute Gasteiger partial charge is 0.472 e. The smallest absolute Gasteiger partial charge is 0.462 e. The van der Waals surface area contributed by atoms with Gasteiger partial charge in [-0.1, -0.05) is 226 Å². The van der Waals surface area contributed by atoms with E-state index < -0.39 is 75.7 Å². The fourth-order valence-electron chi connectivity index (χ4n) is 8.47. The van der Waals surface area contributed by atoms with Crippen molar-refractivity contribution < 1.29 is 63.1 Å². The van der Waals surface area contributed by atoms with Crippen LogP contribution in [0.4, 0.5) is 0 Å². The Morgan fingerprint density at radius 2 is 0.703 bits per heavy atom. The van der Waals surface area contributed by atoms with Crippen molar-refractivity contribution in [2.24, 2.45) is 0 Å². The van der Waals surface area contributed by atoms with Crippen molar-refractivity contribution in [2.45, 2.75) is 294 Å². The van der Waals surface area contributed by atoms with Gasteiger partial charge in [0.1, 0.15) is 43.2 Å². The minimum Gasteiger partial charge on any atom is -0.462 e. The summed E-state index contributed by atoms with van der Waals surface area (Å²) in [7, 11) is -5.11. The first-order chi connectivity index (χ1) is 30.9. The minimum atomic E-state index is -5.11. The third-order valence-corrected chi connectivity index (χ3v) is 13.7. The van der Waals surface area contributed by atoms with Crippen LogP contribution in [0.15, 0.2) is 0 Å². The average molecular weight is 937 g/mol. The zero-order valence-electron chi connectivity index (χ0n) is 40.6. The normalized spacial score (nSPS) is 21.4. The van der Waals surface area contributed by atoms with Crippen molar-refractivity contribution in [1.82, 2.24) is 0 Å². The van der Waals surface area contributed by atoms with E-state index in [1.54, 1.807) is 0 Å². The van der Waals surface area contributed by atoms with Crippen LogP contribution in [0.2, 0.25) is 0 Å². The Balaban J connectivity index is 2.31. The number of unbranched alkanes of at least 4 members (excludes halogenated alkanes) is 33. The first kappa shape index (κ1) is 60.9. The maximum atomic E-state index is 12.8. The summed E-state index contributed by atoms with van der Waals surface area (Å²) in [4.78, 5) is 35.8.